The van der Waals surface area contributed by atoms with Crippen LogP contribution in [-0.4, -0.2) is 11.0 Å². The van der Waals surface area contributed by atoms with Crippen molar-refractivity contribution in [1.29, 1.82) is 0 Å². The molecule has 1 aromatic heterocycles. The van der Waals surface area contributed by atoms with Crippen molar-refractivity contribution in [3.8, 4) is 0 Å². The molecule has 1 saturated carbocycles. The molecular weight excluding hydrogens is 256 g/mol. The second kappa shape index (κ2) is 7.04. The lowest BCUT2D eigenvalue weighted by molar-refractivity contribution is 0.278. The van der Waals surface area contributed by atoms with Gasteiger partial charge in [0.2, 0.25) is 0 Å². The summed E-state index contributed by atoms with van der Waals surface area (Å²) in [4.78, 5) is 4.37. The summed E-state index contributed by atoms with van der Waals surface area (Å²) in [5, 5.41) is 6.33. The average molecular weight is 282 g/mol. The van der Waals surface area contributed by atoms with Crippen LogP contribution in [0, 0.1) is 5.92 Å². The van der Waals surface area contributed by atoms with Gasteiger partial charge in [-0.1, -0.05) is 44.0 Å². The Kier molecular flexibility index (Phi) is 4.87. The van der Waals surface area contributed by atoms with Gasteiger partial charge < -0.3 is 5.32 Å². The lowest BCUT2D eigenvalue weighted by Crippen LogP contribution is -2.32. The molecule has 1 aliphatic carbocycles. The highest BCUT2D eigenvalue weighted by Crippen LogP contribution is 2.28. The molecule has 21 heavy (non-hydrogen) atoms. The number of hydrogen-bond acceptors (Lipinski definition) is 2. The fourth-order valence-electron chi connectivity index (χ4n) is 3.64. The average Bonchev–Trinajstić information content (AvgIpc) is 2.54. The fraction of sp³-hybridized carbons (Fsp3) is 0.526. The van der Waals surface area contributed by atoms with Crippen molar-refractivity contribution in [2.75, 3.05) is 0 Å². The van der Waals surface area contributed by atoms with Gasteiger partial charge in [-0.25, -0.2) is 0 Å². The van der Waals surface area contributed by atoms with Crippen LogP contribution in [0.15, 0.2) is 36.7 Å². The molecule has 0 atom stereocenters. The molecule has 0 unspecified atom stereocenters. The van der Waals surface area contributed by atoms with Crippen LogP contribution in [0.5, 0.6) is 0 Å². The molecule has 1 fully saturated rings. The van der Waals surface area contributed by atoms with Gasteiger partial charge in [0, 0.05) is 30.4 Å². The number of hydrogen-bond donors (Lipinski definition) is 1. The standard InChI is InChI=1S/C19H26N2/c1-2-5-15-8-10-18(11-9-15)21-14-17-13-20-12-16-6-3-4-7-19(16)17/h3-4,6-7,12-13,15,18,21H,2,5,8-11,14H2,1H3. The third-order valence-electron chi connectivity index (χ3n) is 4.88. The zero-order chi connectivity index (χ0) is 14.5. The summed E-state index contributed by atoms with van der Waals surface area (Å²) in [7, 11) is 0. The molecule has 1 heterocycles. The van der Waals surface area contributed by atoms with Gasteiger partial charge in [0.15, 0.2) is 0 Å². The quantitative estimate of drug-likeness (QED) is 0.861. The number of pyridine rings is 1. The smallest absolute Gasteiger partial charge is 0.0346 e. The van der Waals surface area contributed by atoms with Crippen molar-refractivity contribution in [2.45, 2.75) is 58.0 Å². The third-order valence-corrected chi connectivity index (χ3v) is 4.88. The van der Waals surface area contributed by atoms with Crippen LogP contribution < -0.4 is 5.32 Å². The van der Waals surface area contributed by atoms with Crippen molar-refractivity contribution < 1.29 is 0 Å². The van der Waals surface area contributed by atoms with Crippen molar-refractivity contribution in [3.63, 3.8) is 0 Å². The minimum atomic E-state index is 0.692. The van der Waals surface area contributed by atoms with Gasteiger partial charge in [0.25, 0.3) is 0 Å². The van der Waals surface area contributed by atoms with Gasteiger partial charge in [0.1, 0.15) is 0 Å². The molecular formula is C19H26N2. The summed E-state index contributed by atoms with van der Waals surface area (Å²) in [5.74, 6) is 0.979. The lowest BCUT2D eigenvalue weighted by Gasteiger charge is -2.29. The summed E-state index contributed by atoms with van der Waals surface area (Å²) in [6.45, 7) is 3.25. The molecule has 0 spiro atoms. The molecule has 112 valence electrons. The molecule has 0 radical (unpaired) electrons. The molecule has 2 nitrogen and oxygen atoms in total. The molecule has 0 saturated heterocycles. The van der Waals surface area contributed by atoms with E-state index in [0.29, 0.717) is 6.04 Å². The van der Waals surface area contributed by atoms with Crippen molar-refractivity contribution >= 4 is 10.8 Å². The zero-order valence-electron chi connectivity index (χ0n) is 13.0. The molecule has 1 aromatic carbocycles. The Hall–Kier alpha value is -1.41. The molecule has 3 rings (SSSR count). The van der Waals surface area contributed by atoms with Crippen LogP contribution in [0.1, 0.15) is 51.0 Å². The van der Waals surface area contributed by atoms with Crippen LogP contribution >= 0.6 is 0 Å². The van der Waals surface area contributed by atoms with Gasteiger partial charge in [-0.3, -0.25) is 4.98 Å². The van der Waals surface area contributed by atoms with Crippen molar-refractivity contribution in [1.82, 2.24) is 10.3 Å². The Morgan fingerprint density at radius 1 is 1.10 bits per heavy atom. The van der Waals surface area contributed by atoms with E-state index >= 15 is 0 Å². The van der Waals surface area contributed by atoms with E-state index in [4.69, 9.17) is 0 Å². The maximum Gasteiger partial charge on any atom is 0.0346 e. The van der Waals surface area contributed by atoms with Gasteiger partial charge in [-0.05, 0) is 42.6 Å². The molecule has 1 N–H and O–H groups in total. The van der Waals surface area contributed by atoms with Gasteiger partial charge in [0.05, 0.1) is 0 Å². The first kappa shape index (κ1) is 14.5. The largest absolute Gasteiger partial charge is 0.310 e. The summed E-state index contributed by atoms with van der Waals surface area (Å²) in [6, 6.07) is 9.23. The van der Waals surface area contributed by atoms with Crippen LogP contribution in [-0.2, 0) is 6.54 Å². The van der Waals surface area contributed by atoms with Crippen molar-refractivity contribution in [2.24, 2.45) is 5.92 Å². The van der Waals surface area contributed by atoms with Crippen LogP contribution in [0.25, 0.3) is 10.8 Å². The third kappa shape index (κ3) is 3.62. The molecule has 2 aromatic rings. The van der Waals surface area contributed by atoms with Gasteiger partial charge >= 0.3 is 0 Å². The number of fused-ring (bicyclic) bond motifs is 1. The number of rotatable bonds is 5. The second-order valence-electron chi connectivity index (χ2n) is 6.41. The highest BCUT2D eigenvalue weighted by Gasteiger charge is 2.20. The van der Waals surface area contributed by atoms with E-state index in [1.807, 2.05) is 12.4 Å². The fourth-order valence-corrected chi connectivity index (χ4v) is 3.64. The Labute approximate surface area is 128 Å². The van der Waals surface area contributed by atoms with Crippen LogP contribution in [0.3, 0.4) is 0 Å². The summed E-state index contributed by atoms with van der Waals surface area (Å²) in [6.07, 6.45) is 12.2. The first-order valence-electron chi connectivity index (χ1n) is 8.42. The Morgan fingerprint density at radius 2 is 1.90 bits per heavy atom. The molecule has 1 aliphatic rings. The monoisotopic (exact) mass is 282 g/mol. The van der Waals surface area contributed by atoms with Gasteiger partial charge in [-0.2, -0.15) is 0 Å². The molecule has 2 heteroatoms. The van der Waals surface area contributed by atoms with Crippen molar-refractivity contribution in [3.05, 3.63) is 42.2 Å². The molecule has 0 amide bonds. The first-order valence-corrected chi connectivity index (χ1v) is 8.42. The zero-order valence-corrected chi connectivity index (χ0v) is 13.0. The molecule has 0 aliphatic heterocycles. The SMILES string of the molecule is CCCC1CCC(NCc2cncc3ccccc23)CC1. The van der Waals surface area contributed by atoms with E-state index in [0.717, 1.165) is 12.5 Å². The minimum Gasteiger partial charge on any atom is -0.310 e. The predicted octanol–water partition coefficient (Wildman–Crippen LogP) is 4.68. The van der Waals surface area contributed by atoms with Crippen LogP contribution in [0.4, 0.5) is 0 Å². The number of benzene rings is 1. The maximum atomic E-state index is 4.37. The number of nitrogens with zero attached hydrogens (tertiary/aromatic N) is 1. The highest BCUT2D eigenvalue weighted by atomic mass is 14.9. The molecule has 0 bridgehead atoms. The summed E-state index contributed by atoms with van der Waals surface area (Å²) >= 11 is 0. The number of nitrogens with one attached hydrogen (secondary N) is 1. The highest BCUT2D eigenvalue weighted by molar-refractivity contribution is 5.84. The van der Waals surface area contributed by atoms with E-state index in [-0.39, 0.29) is 0 Å². The Bertz CT molecular complexity index is 565. The minimum absolute atomic E-state index is 0.692. The van der Waals surface area contributed by atoms with E-state index in [2.05, 4.69) is 41.5 Å². The maximum absolute atomic E-state index is 4.37. The van der Waals surface area contributed by atoms with E-state index < -0.39 is 0 Å². The van der Waals surface area contributed by atoms with E-state index in [1.165, 1.54) is 54.9 Å². The predicted molar refractivity (Wildman–Crippen MR) is 89.2 cm³/mol. The Balaban J connectivity index is 1.58. The second-order valence-corrected chi connectivity index (χ2v) is 6.41. The summed E-state index contributed by atoms with van der Waals surface area (Å²) < 4.78 is 0. The topological polar surface area (TPSA) is 24.9 Å². The summed E-state index contributed by atoms with van der Waals surface area (Å²) in [5.41, 5.74) is 1.32. The lowest BCUT2D eigenvalue weighted by atomic mass is 9.83. The van der Waals surface area contributed by atoms with Crippen LogP contribution in [0.2, 0.25) is 0 Å². The first-order chi connectivity index (χ1) is 10.4. The van der Waals surface area contributed by atoms with E-state index in [9.17, 15) is 0 Å². The van der Waals surface area contributed by atoms with E-state index in [1.54, 1.807) is 0 Å². The van der Waals surface area contributed by atoms with Gasteiger partial charge in [-0.15, -0.1) is 0 Å². The number of aromatic nitrogens is 1. The normalized spacial score (nSPS) is 22.5. The Morgan fingerprint density at radius 3 is 2.71 bits per heavy atom.